The minimum Gasteiger partial charge on any atom is -0.366 e. The third kappa shape index (κ3) is 6.53. The minimum absolute atomic E-state index is 0.0134. The average Bonchev–Trinajstić information content (AvgIpc) is 3.38. The molecule has 1 saturated heterocycles. The van der Waals surface area contributed by atoms with Crippen molar-refractivity contribution in [3.8, 4) is 0 Å². The Bertz CT molecular complexity index is 1400. The molecule has 0 atom stereocenters. The second-order valence-electron chi connectivity index (χ2n) is 8.22. The van der Waals surface area contributed by atoms with Crippen LogP contribution in [0.25, 0.3) is 0 Å². The monoisotopic (exact) mass is 557 g/mol. The number of carbonyl (C=O) groups is 2. The summed E-state index contributed by atoms with van der Waals surface area (Å²) < 4.78 is 0. The number of halogens is 2. The molecule has 3 aromatic carbocycles. The molecule has 0 aromatic heterocycles. The number of amides is 2. The summed E-state index contributed by atoms with van der Waals surface area (Å²) in [6.07, 6.45) is 1.94. The van der Waals surface area contributed by atoms with Crippen LogP contribution in [-0.2, 0) is 0 Å². The highest BCUT2D eigenvalue weighted by atomic mass is 35.5. The maximum absolute atomic E-state index is 12.7. The van der Waals surface area contributed by atoms with E-state index in [0.717, 1.165) is 25.9 Å². The van der Waals surface area contributed by atoms with Crippen molar-refractivity contribution >= 4 is 75.1 Å². The van der Waals surface area contributed by atoms with Crippen LogP contribution in [0.5, 0.6) is 0 Å². The molecule has 37 heavy (non-hydrogen) atoms. The molecule has 1 heterocycles. The minimum atomic E-state index is -0.588. The maximum Gasteiger partial charge on any atom is 0.293 e. The molecule has 0 saturated carbocycles. The van der Waals surface area contributed by atoms with Gasteiger partial charge in [0, 0.05) is 41.1 Å². The lowest BCUT2D eigenvalue weighted by molar-refractivity contribution is -0.384. The zero-order valence-electron chi connectivity index (χ0n) is 19.3. The van der Waals surface area contributed by atoms with Crippen LogP contribution >= 0.6 is 35.4 Å². The summed E-state index contributed by atoms with van der Waals surface area (Å²) in [5, 5.41) is 20.4. The summed E-state index contributed by atoms with van der Waals surface area (Å²) >= 11 is 17.2. The Morgan fingerprint density at radius 1 is 0.919 bits per heavy atom. The van der Waals surface area contributed by atoms with Gasteiger partial charge in [0.05, 0.1) is 15.5 Å². The molecule has 1 fully saturated rings. The quantitative estimate of drug-likeness (QED) is 0.197. The fraction of sp³-hybridized carbons (Fsp3) is 0.160. The highest BCUT2D eigenvalue weighted by Gasteiger charge is 2.24. The van der Waals surface area contributed by atoms with Gasteiger partial charge < -0.3 is 15.5 Å². The van der Waals surface area contributed by atoms with Crippen molar-refractivity contribution in [2.75, 3.05) is 28.6 Å². The summed E-state index contributed by atoms with van der Waals surface area (Å²) in [6, 6.07) is 15.6. The standard InChI is InChI=1S/C25H21Cl2N5O4S/c26-16-7-8-19(20(27)13-16)24(34)28-17-4-3-5-18(14-17)29-25(37)30-23(33)15-6-9-21(22(12-15)32(35)36)31-10-1-2-11-31/h3-9,12-14H,1-2,10-11H2,(H,28,34)(H2,29,30,33,37). The molecular weight excluding hydrogens is 537 g/mol. The zero-order valence-corrected chi connectivity index (χ0v) is 21.6. The van der Waals surface area contributed by atoms with E-state index in [2.05, 4.69) is 16.0 Å². The first-order valence-corrected chi connectivity index (χ1v) is 12.4. The molecule has 0 spiro atoms. The van der Waals surface area contributed by atoms with E-state index in [1.165, 1.54) is 24.3 Å². The largest absolute Gasteiger partial charge is 0.366 e. The average molecular weight is 558 g/mol. The predicted octanol–water partition coefficient (Wildman–Crippen LogP) is 5.88. The maximum atomic E-state index is 12.7. The van der Waals surface area contributed by atoms with Crippen molar-refractivity contribution in [1.82, 2.24) is 5.32 Å². The number of rotatable bonds is 6. The molecule has 2 amide bonds. The number of thiocarbonyl (C=S) groups is 1. The van der Waals surface area contributed by atoms with E-state index < -0.39 is 16.7 Å². The summed E-state index contributed by atoms with van der Waals surface area (Å²) in [7, 11) is 0. The molecule has 3 N–H and O–H groups in total. The first-order valence-electron chi connectivity index (χ1n) is 11.2. The fourth-order valence-corrected chi connectivity index (χ4v) is 4.63. The van der Waals surface area contributed by atoms with Gasteiger partial charge in [-0.3, -0.25) is 25.0 Å². The van der Waals surface area contributed by atoms with Gasteiger partial charge >= 0.3 is 0 Å². The number of nitrogens with zero attached hydrogens (tertiary/aromatic N) is 2. The van der Waals surface area contributed by atoms with Gasteiger partial charge in [0.2, 0.25) is 0 Å². The Morgan fingerprint density at radius 3 is 2.30 bits per heavy atom. The lowest BCUT2D eigenvalue weighted by atomic mass is 10.1. The third-order valence-corrected chi connectivity index (χ3v) is 6.41. The molecular formula is C25H21Cl2N5O4S. The van der Waals surface area contributed by atoms with Gasteiger partial charge in [0.1, 0.15) is 5.69 Å². The SMILES string of the molecule is O=C(NC(=S)Nc1cccc(NC(=O)c2ccc(Cl)cc2Cl)c1)c1ccc(N2CCCC2)c([N+](=O)[O-])c1. The van der Waals surface area contributed by atoms with Crippen molar-refractivity contribution in [2.45, 2.75) is 12.8 Å². The number of carbonyl (C=O) groups excluding carboxylic acids is 2. The van der Waals surface area contributed by atoms with Crippen molar-refractivity contribution in [3.63, 3.8) is 0 Å². The fourth-order valence-electron chi connectivity index (χ4n) is 3.92. The molecule has 1 aliphatic heterocycles. The van der Waals surface area contributed by atoms with Gasteiger partial charge in [-0.2, -0.15) is 0 Å². The van der Waals surface area contributed by atoms with Crippen LogP contribution in [-0.4, -0.2) is 34.9 Å². The van der Waals surface area contributed by atoms with E-state index >= 15 is 0 Å². The number of nitro groups is 1. The van der Waals surface area contributed by atoms with Crippen LogP contribution in [0.2, 0.25) is 10.0 Å². The number of hydrogen-bond acceptors (Lipinski definition) is 6. The summed E-state index contributed by atoms with van der Waals surface area (Å²) in [5.41, 5.74) is 1.71. The van der Waals surface area contributed by atoms with E-state index in [0.29, 0.717) is 22.1 Å². The molecule has 9 nitrogen and oxygen atoms in total. The van der Waals surface area contributed by atoms with Crippen LogP contribution < -0.4 is 20.9 Å². The Morgan fingerprint density at radius 2 is 1.62 bits per heavy atom. The first kappa shape index (κ1) is 26.3. The Hall–Kier alpha value is -3.73. The first-order chi connectivity index (χ1) is 17.7. The number of hydrogen-bond donors (Lipinski definition) is 3. The van der Waals surface area contributed by atoms with Gasteiger partial charge in [-0.05, 0) is 73.6 Å². The van der Waals surface area contributed by atoms with Gasteiger partial charge in [-0.25, -0.2) is 0 Å². The van der Waals surface area contributed by atoms with Gasteiger partial charge in [0.25, 0.3) is 17.5 Å². The molecule has 0 radical (unpaired) electrons. The number of nitro benzene ring substituents is 1. The topological polar surface area (TPSA) is 117 Å². The van der Waals surface area contributed by atoms with Crippen molar-refractivity contribution in [3.05, 3.63) is 92.0 Å². The second kappa shape index (κ2) is 11.5. The van der Waals surface area contributed by atoms with E-state index in [1.54, 1.807) is 36.4 Å². The molecule has 3 aromatic rings. The van der Waals surface area contributed by atoms with E-state index in [-0.39, 0.29) is 26.9 Å². The third-order valence-electron chi connectivity index (χ3n) is 5.66. The second-order valence-corrected chi connectivity index (χ2v) is 9.47. The van der Waals surface area contributed by atoms with Crippen LogP contribution in [0, 0.1) is 10.1 Å². The molecule has 1 aliphatic rings. The van der Waals surface area contributed by atoms with E-state index in [1.807, 2.05) is 4.90 Å². The van der Waals surface area contributed by atoms with Crippen molar-refractivity contribution < 1.29 is 14.5 Å². The summed E-state index contributed by atoms with van der Waals surface area (Å²) in [6.45, 7) is 1.49. The molecule has 0 bridgehead atoms. The van der Waals surface area contributed by atoms with Crippen molar-refractivity contribution in [1.29, 1.82) is 0 Å². The van der Waals surface area contributed by atoms with E-state index in [4.69, 9.17) is 35.4 Å². The van der Waals surface area contributed by atoms with Gasteiger partial charge in [-0.1, -0.05) is 29.3 Å². The molecule has 0 unspecified atom stereocenters. The number of anilines is 3. The van der Waals surface area contributed by atoms with E-state index in [9.17, 15) is 19.7 Å². The van der Waals surface area contributed by atoms with Crippen LogP contribution in [0.1, 0.15) is 33.6 Å². The van der Waals surface area contributed by atoms with Gasteiger partial charge in [0.15, 0.2) is 5.11 Å². The highest BCUT2D eigenvalue weighted by Crippen LogP contribution is 2.31. The Balaban J connectivity index is 1.40. The number of nitrogens with one attached hydrogen (secondary N) is 3. The van der Waals surface area contributed by atoms with Crippen LogP contribution in [0.3, 0.4) is 0 Å². The highest BCUT2D eigenvalue weighted by molar-refractivity contribution is 7.80. The lowest BCUT2D eigenvalue weighted by Crippen LogP contribution is -2.34. The van der Waals surface area contributed by atoms with Gasteiger partial charge in [-0.15, -0.1) is 0 Å². The number of benzene rings is 3. The lowest BCUT2D eigenvalue weighted by Gasteiger charge is -2.18. The van der Waals surface area contributed by atoms with Crippen LogP contribution in [0.4, 0.5) is 22.7 Å². The molecule has 12 heteroatoms. The Labute approximate surface area is 227 Å². The van der Waals surface area contributed by atoms with Crippen molar-refractivity contribution in [2.24, 2.45) is 0 Å². The molecule has 0 aliphatic carbocycles. The van der Waals surface area contributed by atoms with Crippen LogP contribution in [0.15, 0.2) is 60.7 Å². The molecule has 4 rings (SSSR count). The summed E-state index contributed by atoms with van der Waals surface area (Å²) in [4.78, 5) is 38.4. The predicted molar refractivity (Wildman–Crippen MR) is 149 cm³/mol. The summed E-state index contributed by atoms with van der Waals surface area (Å²) in [5.74, 6) is -1.01. The smallest absolute Gasteiger partial charge is 0.293 e. The zero-order chi connectivity index (χ0) is 26.5. The molecule has 190 valence electrons. The normalized spacial score (nSPS) is 12.6. The Kier molecular flexibility index (Phi) is 8.22.